The molecule has 0 spiro atoms. The second kappa shape index (κ2) is 38.9. The zero-order valence-corrected chi connectivity index (χ0v) is 80.6. The quantitative estimate of drug-likeness (QED) is 0.0933. The van der Waals surface area contributed by atoms with E-state index in [-0.39, 0.29) is 0 Å². The highest BCUT2D eigenvalue weighted by Crippen LogP contribution is 2.62. The Kier molecular flexibility index (Phi) is 23.5. The van der Waals surface area contributed by atoms with E-state index in [1.165, 1.54) is 0 Å². The Bertz CT molecular complexity index is 9200. The molecule has 150 heavy (non-hydrogen) atoms. The Labute approximate surface area is 865 Å². The van der Waals surface area contributed by atoms with Gasteiger partial charge in [-0.1, -0.05) is 406 Å². The van der Waals surface area contributed by atoms with Gasteiger partial charge in [-0.15, -0.1) is 0 Å². The van der Waals surface area contributed by atoms with Crippen LogP contribution in [0.4, 0.5) is 0 Å². The summed E-state index contributed by atoms with van der Waals surface area (Å²) in [5, 5.41) is 34.7. The minimum absolute atomic E-state index is 0.494. The molecule has 702 valence electrons. The summed E-state index contributed by atoms with van der Waals surface area (Å²) >= 11 is 0. The zero-order chi connectivity index (χ0) is 100. The summed E-state index contributed by atoms with van der Waals surface area (Å²) in [6.45, 7) is 0. The second-order valence-electron chi connectivity index (χ2n) is 36.9. The van der Waals surface area contributed by atoms with Crippen molar-refractivity contribution in [3.05, 3.63) is 593 Å². The third-order valence-corrected chi connectivity index (χ3v) is 28.5. The number of para-hydroxylation sites is 1. The molecule has 3 aliphatic rings. The van der Waals surface area contributed by atoms with E-state index in [9.17, 15) is 15.8 Å². The molecular weight excluding hydrogens is 1840 g/mol. The maximum atomic E-state index is 9.43. The maximum Gasteiger partial charge on any atom is 0.167 e. The molecule has 3 aliphatic heterocycles. The Hall–Kier alpha value is -20.7. The predicted octanol–water partition coefficient (Wildman–Crippen LogP) is 31.2. The molecule has 0 bridgehead atoms. The van der Waals surface area contributed by atoms with Crippen LogP contribution in [-0.4, -0.2) is 44.9 Å². The van der Waals surface area contributed by atoms with Gasteiger partial charge in [-0.05, 0) is 153 Å². The van der Waals surface area contributed by atoms with E-state index in [4.69, 9.17) is 59.1 Å². The molecule has 0 aliphatic carbocycles. The molecule has 24 aromatic rings. The highest BCUT2D eigenvalue weighted by Gasteiger charge is 2.50. The van der Waals surface area contributed by atoms with Crippen molar-refractivity contribution in [1.29, 1.82) is 15.8 Å². The molecule has 0 N–H and O–H groups in total. The van der Waals surface area contributed by atoms with Crippen molar-refractivity contribution < 1.29 is 14.2 Å². The van der Waals surface area contributed by atoms with Crippen LogP contribution >= 0.6 is 0 Å². The third-order valence-electron chi connectivity index (χ3n) is 28.5. The molecule has 0 unspecified atom stereocenters. The van der Waals surface area contributed by atoms with Crippen molar-refractivity contribution in [2.24, 2.45) is 0 Å². The summed E-state index contributed by atoms with van der Waals surface area (Å²) in [5.74, 6) is 9.50. The molecule has 0 saturated heterocycles. The fourth-order valence-electron chi connectivity index (χ4n) is 21.5. The number of hydrogen-bond acceptors (Lipinski definition) is 15. The van der Waals surface area contributed by atoms with Crippen LogP contribution in [0.1, 0.15) is 83.5 Å². The minimum Gasteiger partial charge on any atom is -0.456 e. The van der Waals surface area contributed by atoms with E-state index >= 15 is 0 Å². The van der Waals surface area contributed by atoms with E-state index in [1.54, 1.807) is 36.4 Å². The average molecular weight is 1920 g/mol. The van der Waals surface area contributed by atoms with Crippen molar-refractivity contribution in [3.8, 4) is 155 Å². The average Bonchev–Trinajstić information content (AvgIpc) is 0.703. The van der Waals surface area contributed by atoms with Crippen LogP contribution in [0.15, 0.2) is 510 Å². The van der Waals surface area contributed by atoms with E-state index < -0.39 is 16.2 Å². The number of fused-ring (bicyclic) bond motifs is 12. The fourth-order valence-corrected chi connectivity index (χ4v) is 21.5. The van der Waals surface area contributed by atoms with Gasteiger partial charge in [0.15, 0.2) is 52.4 Å². The second-order valence-corrected chi connectivity index (χ2v) is 36.9. The molecule has 0 fully saturated rings. The van der Waals surface area contributed by atoms with Gasteiger partial charge in [0.1, 0.15) is 34.5 Å². The number of hydrogen-bond donors (Lipinski definition) is 0. The molecule has 0 radical (unpaired) electrons. The molecule has 0 atom stereocenters. The van der Waals surface area contributed by atoms with Crippen LogP contribution in [0.25, 0.3) is 135 Å². The maximum absolute atomic E-state index is 9.43. The van der Waals surface area contributed by atoms with Gasteiger partial charge < -0.3 is 14.2 Å². The van der Waals surface area contributed by atoms with Gasteiger partial charge in [-0.2, -0.15) is 15.8 Å². The van der Waals surface area contributed by atoms with Crippen LogP contribution in [0.3, 0.4) is 0 Å². The lowest BCUT2D eigenvalue weighted by Crippen LogP contribution is -2.34. The largest absolute Gasteiger partial charge is 0.456 e. The van der Waals surface area contributed by atoms with E-state index in [2.05, 4.69) is 346 Å². The topological polar surface area (TPSA) is 215 Å². The Morgan fingerprint density at radius 3 is 0.753 bits per heavy atom. The lowest BCUT2D eigenvalue weighted by atomic mass is 9.63. The molecular formula is C135H84N12O3. The lowest BCUT2D eigenvalue weighted by molar-refractivity contribution is 0.440. The Balaban J connectivity index is 0.000000116. The SMILES string of the molecule is N#Cc1ccc(-c2nc(-c3ccccc3)nc(-c3ccc4c(c3)C(c3ccccc3)(c3ccccc3)c3ccc5ccccc5c3O4)n2)cc1.N#Cc1ccc(-c2nc(-c3ccccc3)nc(-c3ccc4c(c3)Oc3c(ccc5ccccc35)C4(c3ccccc3)c3ccccc3)n2)cc1.N#Cc1ccc(-c2nc(-c3ccccc3)nc(-c3cccc4c3Oc3c(ccc5ccccc35)C4(c3ccccc3)c3ccccc3)n2)cc1. The van der Waals surface area contributed by atoms with Crippen LogP contribution in [0.5, 0.6) is 34.5 Å². The highest BCUT2D eigenvalue weighted by atomic mass is 16.5. The first-order chi connectivity index (χ1) is 74.2. The standard InChI is InChI=1S/3C45H28N4O/c46-29-30-23-25-33(26-24-30)43-47-42(32-14-4-1-5-15-32)48-44(49-43)37-21-12-22-38-41(37)50-40-36-20-11-10-13-31(36)27-28-39(40)45(38,34-16-6-2-7-17-34)35-18-8-3-9-19-35;46-29-30-20-22-33(23-21-30)43-47-42(32-13-4-1-5-14-32)48-44(49-43)34-25-26-38-40(28-34)50-41-37-19-11-10-12-31(37)24-27-39(41)45(38,35-15-6-2-7-16-35)36-17-8-3-9-18-36;46-29-30-20-22-33(23-21-30)43-47-42(32-13-4-1-5-14-32)48-44(49-43)34-25-27-40-39(28-34)45(35-15-6-2-7-16-35,36-17-8-3-9-18-36)38-26-24-31-12-10-11-19-37(31)41(38)50-40/h3*1-28H. The highest BCUT2D eigenvalue weighted by molar-refractivity contribution is 5.97. The summed E-state index contributed by atoms with van der Waals surface area (Å²) < 4.78 is 21.1. The first kappa shape index (κ1) is 90.6. The third kappa shape index (κ3) is 16.1. The van der Waals surface area contributed by atoms with Gasteiger partial charge in [0.25, 0.3) is 0 Å². The van der Waals surface area contributed by atoms with Gasteiger partial charge >= 0.3 is 0 Å². The van der Waals surface area contributed by atoms with Gasteiger partial charge in [0, 0.05) is 94.0 Å². The summed E-state index contributed by atoms with van der Waals surface area (Å²) in [4.78, 5) is 44.9. The number of nitrogens with zero attached hydrogens (tertiary/aromatic N) is 12. The molecule has 27 rings (SSSR count). The van der Waals surface area contributed by atoms with Crippen molar-refractivity contribution in [2.45, 2.75) is 16.2 Å². The monoisotopic (exact) mass is 1920 g/mol. The minimum atomic E-state index is -0.712. The fraction of sp³-hybridized carbons (Fsp3) is 0.0222. The number of rotatable bonds is 15. The van der Waals surface area contributed by atoms with Crippen LogP contribution < -0.4 is 14.2 Å². The van der Waals surface area contributed by atoms with Gasteiger partial charge in [0.05, 0.1) is 56.7 Å². The molecule has 15 nitrogen and oxygen atoms in total. The van der Waals surface area contributed by atoms with E-state index in [1.807, 2.05) is 146 Å². The normalized spacial score (nSPS) is 12.7. The van der Waals surface area contributed by atoms with Crippen molar-refractivity contribution in [1.82, 2.24) is 44.9 Å². The zero-order valence-electron chi connectivity index (χ0n) is 80.6. The molecule has 3 aromatic heterocycles. The van der Waals surface area contributed by atoms with E-state index in [0.717, 1.165) is 178 Å². The first-order valence-corrected chi connectivity index (χ1v) is 49.5. The number of ether oxygens (including phenoxy) is 3. The van der Waals surface area contributed by atoms with Crippen LogP contribution in [0, 0.1) is 34.0 Å². The molecule has 0 amide bonds. The lowest BCUT2D eigenvalue weighted by Gasteiger charge is -2.42. The van der Waals surface area contributed by atoms with Crippen molar-refractivity contribution in [3.63, 3.8) is 0 Å². The number of nitriles is 3. The molecule has 0 saturated carbocycles. The van der Waals surface area contributed by atoms with Gasteiger partial charge in [-0.3, -0.25) is 0 Å². The van der Waals surface area contributed by atoms with Gasteiger partial charge in [-0.25, -0.2) is 44.9 Å². The molecule has 15 heteroatoms. The Morgan fingerprint density at radius 1 is 0.167 bits per heavy atom. The summed E-state index contributed by atoms with van der Waals surface area (Å²) in [5.41, 5.74) is 20.1. The summed E-state index contributed by atoms with van der Waals surface area (Å²) in [6.07, 6.45) is 0. The summed E-state index contributed by atoms with van der Waals surface area (Å²) in [6, 6.07) is 179. The number of aromatic nitrogens is 9. The summed E-state index contributed by atoms with van der Waals surface area (Å²) in [7, 11) is 0. The molecule has 21 aromatic carbocycles. The van der Waals surface area contributed by atoms with Crippen LogP contribution in [-0.2, 0) is 16.2 Å². The first-order valence-electron chi connectivity index (χ1n) is 49.5. The van der Waals surface area contributed by atoms with Gasteiger partial charge in [0.2, 0.25) is 0 Å². The van der Waals surface area contributed by atoms with Crippen LogP contribution in [0.2, 0.25) is 0 Å². The van der Waals surface area contributed by atoms with Crippen molar-refractivity contribution in [2.75, 3.05) is 0 Å². The smallest absolute Gasteiger partial charge is 0.167 e. The molecule has 6 heterocycles. The predicted molar refractivity (Wildman–Crippen MR) is 590 cm³/mol. The Morgan fingerprint density at radius 2 is 0.413 bits per heavy atom. The van der Waals surface area contributed by atoms with E-state index in [0.29, 0.717) is 74.9 Å². The van der Waals surface area contributed by atoms with Crippen molar-refractivity contribution >= 4 is 32.3 Å². The number of benzene rings is 21.